The second-order valence-electron chi connectivity index (χ2n) is 5.95. The first-order chi connectivity index (χ1) is 9.26. The number of nitrogens with one attached hydrogen (secondary N) is 1. The van der Waals surface area contributed by atoms with E-state index in [0.29, 0.717) is 17.5 Å². The third-order valence-electron chi connectivity index (χ3n) is 4.54. The minimum absolute atomic E-state index is 0.186. The van der Waals surface area contributed by atoms with Gasteiger partial charge in [-0.2, -0.15) is 0 Å². The van der Waals surface area contributed by atoms with E-state index in [9.17, 15) is 4.39 Å². The molecule has 2 nitrogen and oxygen atoms in total. The summed E-state index contributed by atoms with van der Waals surface area (Å²) in [6.07, 6.45) is 7.80. The molecule has 2 atom stereocenters. The van der Waals surface area contributed by atoms with Gasteiger partial charge in [0.05, 0.1) is 12.8 Å². The van der Waals surface area contributed by atoms with Gasteiger partial charge in [0, 0.05) is 12.1 Å². The van der Waals surface area contributed by atoms with Crippen LogP contribution in [-0.2, 0) is 0 Å². The lowest BCUT2D eigenvalue weighted by Gasteiger charge is -2.30. The molecule has 1 N–H and O–H groups in total. The Bertz CT molecular complexity index is 444. The number of benzene rings is 1. The summed E-state index contributed by atoms with van der Waals surface area (Å²) in [7, 11) is 1.61. The van der Waals surface area contributed by atoms with Crippen LogP contribution in [0.3, 0.4) is 0 Å². The van der Waals surface area contributed by atoms with Crippen LogP contribution in [0.4, 0.5) is 10.1 Å². The van der Waals surface area contributed by atoms with Crippen LogP contribution in [0.5, 0.6) is 5.75 Å². The minimum atomic E-state index is -0.186. The minimum Gasteiger partial charge on any atom is -0.497 e. The molecule has 2 aliphatic carbocycles. The van der Waals surface area contributed by atoms with E-state index in [-0.39, 0.29) is 5.82 Å². The predicted octanol–water partition coefficient (Wildman–Crippen LogP) is 4.22. The van der Waals surface area contributed by atoms with Crippen LogP contribution >= 0.6 is 0 Å². The quantitative estimate of drug-likeness (QED) is 0.878. The second kappa shape index (κ2) is 5.40. The van der Waals surface area contributed by atoms with E-state index in [1.165, 1.54) is 38.2 Å². The van der Waals surface area contributed by atoms with E-state index >= 15 is 0 Å². The number of hydrogen-bond donors (Lipinski definition) is 1. The van der Waals surface area contributed by atoms with Gasteiger partial charge in [-0.3, -0.25) is 0 Å². The Kier molecular flexibility index (Phi) is 3.63. The van der Waals surface area contributed by atoms with Crippen molar-refractivity contribution < 1.29 is 9.13 Å². The van der Waals surface area contributed by atoms with Gasteiger partial charge >= 0.3 is 0 Å². The number of halogens is 1. The number of methoxy groups -OCH3 is 1. The van der Waals surface area contributed by atoms with E-state index in [1.807, 2.05) is 0 Å². The van der Waals surface area contributed by atoms with Crippen molar-refractivity contribution in [2.45, 2.75) is 44.6 Å². The molecule has 0 heterocycles. The molecule has 2 unspecified atom stereocenters. The first-order valence-corrected chi connectivity index (χ1v) is 7.36. The van der Waals surface area contributed by atoms with Crippen molar-refractivity contribution in [2.75, 3.05) is 12.4 Å². The molecule has 1 aromatic rings. The SMILES string of the molecule is COc1ccc(F)c(NC2CCCC(C3CC3)C2)c1. The van der Waals surface area contributed by atoms with Crippen LogP contribution in [0.25, 0.3) is 0 Å². The van der Waals surface area contributed by atoms with E-state index in [2.05, 4.69) is 5.32 Å². The summed E-state index contributed by atoms with van der Waals surface area (Å²) in [5, 5.41) is 3.38. The van der Waals surface area contributed by atoms with Crippen molar-refractivity contribution in [3.63, 3.8) is 0 Å². The number of rotatable bonds is 4. The van der Waals surface area contributed by atoms with Crippen molar-refractivity contribution in [1.29, 1.82) is 0 Å². The first-order valence-electron chi connectivity index (χ1n) is 7.36. The third kappa shape index (κ3) is 3.02. The van der Waals surface area contributed by atoms with Crippen LogP contribution in [0.1, 0.15) is 38.5 Å². The first kappa shape index (κ1) is 12.8. The molecule has 2 aliphatic rings. The molecule has 3 rings (SSSR count). The van der Waals surface area contributed by atoms with E-state index < -0.39 is 0 Å². The van der Waals surface area contributed by atoms with E-state index in [0.717, 1.165) is 18.3 Å². The lowest BCUT2D eigenvalue weighted by atomic mass is 9.82. The molecule has 0 amide bonds. The molecule has 0 aliphatic heterocycles. The highest BCUT2D eigenvalue weighted by Gasteiger charge is 2.34. The summed E-state index contributed by atoms with van der Waals surface area (Å²) >= 11 is 0. The third-order valence-corrected chi connectivity index (χ3v) is 4.54. The Morgan fingerprint density at radius 1 is 1.16 bits per heavy atom. The van der Waals surface area contributed by atoms with Gasteiger partial charge < -0.3 is 10.1 Å². The summed E-state index contributed by atoms with van der Waals surface area (Å²) in [5.74, 6) is 2.34. The molecule has 0 bridgehead atoms. The zero-order chi connectivity index (χ0) is 13.2. The molecular formula is C16H22FNO. The Morgan fingerprint density at radius 2 is 2.00 bits per heavy atom. The molecule has 1 aromatic carbocycles. The van der Waals surface area contributed by atoms with Gasteiger partial charge in [-0.05, 0) is 49.7 Å². The monoisotopic (exact) mass is 263 g/mol. The summed E-state index contributed by atoms with van der Waals surface area (Å²) in [5.41, 5.74) is 0.584. The smallest absolute Gasteiger partial charge is 0.146 e. The molecule has 104 valence electrons. The van der Waals surface area contributed by atoms with Gasteiger partial charge in [0.15, 0.2) is 0 Å². The van der Waals surface area contributed by atoms with Crippen molar-refractivity contribution >= 4 is 5.69 Å². The van der Waals surface area contributed by atoms with Crippen molar-refractivity contribution in [1.82, 2.24) is 0 Å². The van der Waals surface area contributed by atoms with Gasteiger partial charge in [-0.15, -0.1) is 0 Å². The normalized spacial score (nSPS) is 27.1. The van der Waals surface area contributed by atoms with Crippen molar-refractivity contribution in [3.8, 4) is 5.75 Å². The maximum Gasteiger partial charge on any atom is 0.146 e. The van der Waals surface area contributed by atoms with Gasteiger partial charge in [0.25, 0.3) is 0 Å². The molecule has 3 heteroatoms. The summed E-state index contributed by atoms with van der Waals surface area (Å²) in [6, 6.07) is 5.31. The zero-order valence-corrected chi connectivity index (χ0v) is 11.5. The fourth-order valence-electron chi connectivity index (χ4n) is 3.32. The maximum absolute atomic E-state index is 13.8. The standard InChI is InChI=1S/C16H22FNO/c1-19-14-7-8-15(17)16(10-14)18-13-4-2-3-12(9-13)11-5-6-11/h7-8,10-13,18H,2-6,9H2,1H3. The van der Waals surface area contributed by atoms with Crippen LogP contribution in [0.15, 0.2) is 18.2 Å². The fourth-order valence-corrected chi connectivity index (χ4v) is 3.32. The highest BCUT2D eigenvalue weighted by atomic mass is 19.1. The van der Waals surface area contributed by atoms with Crippen molar-refractivity contribution in [3.05, 3.63) is 24.0 Å². The molecule has 2 fully saturated rings. The Labute approximate surface area is 114 Å². The molecule has 0 aromatic heterocycles. The molecule has 0 spiro atoms. The van der Waals surface area contributed by atoms with Crippen LogP contribution in [0.2, 0.25) is 0 Å². The average molecular weight is 263 g/mol. The Balaban J connectivity index is 1.66. The Hall–Kier alpha value is -1.25. The number of anilines is 1. The van der Waals surface area contributed by atoms with Crippen LogP contribution < -0.4 is 10.1 Å². The van der Waals surface area contributed by atoms with Gasteiger partial charge in [0.2, 0.25) is 0 Å². The van der Waals surface area contributed by atoms with Crippen molar-refractivity contribution in [2.24, 2.45) is 11.8 Å². The largest absolute Gasteiger partial charge is 0.497 e. The molecule has 0 saturated heterocycles. The zero-order valence-electron chi connectivity index (χ0n) is 11.5. The molecule has 19 heavy (non-hydrogen) atoms. The number of ether oxygens (including phenoxy) is 1. The highest BCUT2D eigenvalue weighted by Crippen LogP contribution is 2.44. The fraction of sp³-hybridized carbons (Fsp3) is 0.625. The van der Waals surface area contributed by atoms with Gasteiger partial charge in [-0.25, -0.2) is 4.39 Å². The topological polar surface area (TPSA) is 21.3 Å². The summed E-state index contributed by atoms with van der Waals surface area (Å²) in [6.45, 7) is 0. The lowest BCUT2D eigenvalue weighted by molar-refractivity contribution is 0.302. The molecule has 0 radical (unpaired) electrons. The van der Waals surface area contributed by atoms with E-state index in [4.69, 9.17) is 4.74 Å². The second-order valence-corrected chi connectivity index (χ2v) is 5.95. The molecular weight excluding hydrogens is 241 g/mol. The lowest BCUT2D eigenvalue weighted by Crippen LogP contribution is -2.28. The van der Waals surface area contributed by atoms with Gasteiger partial charge in [-0.1, -0.05) is 12.8 Å². The van der Waals surface area contributed by atoms with Gasteiger partial charge in [0.1, 0.15) is 11.6 Å². The molecule has 2 saturated carbocycles. The summed E-state index contributed by atoms with van der Waals surface area (Å²) in [4.78, 5) is 0. The number of hydrogen-bond acceptors (Lipinski definition) is 2. The summed E-state index contributed by atoms with van der Waals surface area (Å²) < 4.78 is 19.0. The van der Waals surface area contributed by atoms with Crippen LogP contribution in [0, 0.1) is 17.7 Å². The van der Waals surface area contributed by atoms with E-state index in [1.54, 1.807) is 19.2 Å². The Morgan fingerprint density at radius 3 is 2.74 bits per heavy atom. The highest BCUT2D eigenvalue weighted by molar-refractivity contribution is 5.50. The van der Waals surface area contributed by atoms with Crippen LogP contribution in [-0.4, -0.2) is 13.2 Å². The maximum atomic E-state index is 13.8. The average Bonchev–Trinajstić information content (AvgIpc) is 3.26. The predicted molar refractivity (Wildman–Crippen MR) is 75.0 cm³/mol.